The van der Waals surface area contributed by atoms with E-state index in [0.717, 1.165) is 16.7 Å². The van der Waals surface area contributed by atoms with Crippen molar-refractivity contribution in [1.29, 1.82) is 0 Å². The normalized spacial score (nSPS) is 12.0. The Kier molecular flexibility index (Phi) is 8.72. The highest BCUT2D eigenvalue weighted by Gasteiger charge is 2.27. The van der Waals surface area contributed by atoms with Crippen molar-refractivity contribution in [2.75, 3.05) is 7.11 Å². The van der Waals surface area contributed by atoms with Crippen LogP contribution in [0, 0.1) is 3.57 Å². The molecule has 0 spiro atoms. The van der Waals surface area contributed by atoms with E-state index in [-0.39, 0.29) is 6.42 Å². The Hall–Kier alpha value is -2.87. The maximum Gasteiger partial charge on any atom is 0.313 e. The highest BCUT2D eigenvalue weighted by molar-refractivity contribution is 14.1. The summed E-state index contributed by atoms with van der Waals surface area (Å²) in [5, 5.41) is 0. The van der Waals surface area contributed by atoms with E-state index in [1.165, 1.54) is 10.7 Å². The van der Waals surface area contributed by atoms with Gasteiger partial charge >= 0.3 is 11.9 Å². The van der Waals surface area contributed by atoms with Crippen molar-refractivity contribution in [3.8, 4) is 16.9 Å². The van der Waals surface area contributed by atoms with E-state index in [0.29, 0.717) is 17.9 Å². The lowest BCUT2D eigenvalue weighted by Crippen LogP contribution is -2.27. The second kappa shape index (κ2) is 11.5. The SMILES string of the molecule is COC(=O)C(CC(=O)OC(C)(C)C)c1ccc(OCc2cccc(-c3ccc(I)cc3)c2)cc1. The number of halogens is 1. The number of ether oxygens (including phenoxy) is 3. The van der Waals surface area contributed by atoms with Gasteiger partial charge < -0.3 is 14.2 Å². The lowest BCUT2D eigenvalue weighted by Gasteiger charge is -2.21. The molecule has 0 aliphatic rings. The van der Waals surface area contributed by atoms with Crippen LogP contribution in [0.1, 0.15) is 44.2 Å². The minimum absolute atomic E-state index is 0.0878. The minimum Gasteiger partial charge on any atom is -0.489 e. The van der Waals surface area contributed by atoms with Gasteiger partial charge in [0.25, 0.3) is 0 Å². The summed E-state index contributed by atoms with van der Waals surface area (Å²) in [4.78, 5) is 24.6. The number of benzene rings is 3. The quantitative estimate of drug-likeness (QED) is 0.227. The van der Waals surface area contributed by atoms with Crippen LogP contribution in [0.25, 0.3) is 11.1 Å². The number of hydrogen-bond acceptors (Lipinski definition) is 5. The highest BCUT2D eigenvalue weighted by atomic mass is 127. The van der Waals surface area contributed by atoms with Crippen molar-refractivity contribution < 1.29 is 23.8 Å². The second-order valence-electron chi connectivity index (χ2n) is 8.93. The molecule has 0 amide bonds. The summed E-state index contributed by atoms with van der Waals surface area (Å²) in [7, 11) is 1.31. The molecule has 3 aromatic rings. The van der Waals surface area contributed by atoms with Crippen molar-refractivity contribution in [2.24, 2.45) is 0 Å². The van der Waals surface area contributed by atoms with E-state index in [9.17, 15) is 9.59 Å². The van der Waals surface area contributed by atoms with Gasteiger partial charge in [-0.1, -0.05) is 42.5 Å². The molecule has 0 radical (unpaired) electrons. The Morgan fingerprint density at radius 3 is 2.21 bits per heavy atom. The first-order chi connectivity index (χ1) is 16.1. The molecule has 1 atom stereocenters. The van der Waals surface area contributed by atoms with Gasteiger partial charge in [0.05, 0.1) is 19.4 Å². The molecule has 0 bridgehead atoms. The molecule has 6 heteroatoms. The van der Waals surface area contributed by atoms with E-state index in [1.807, 2.05) is 12.1 Å². The fourth-order valence-corrected chi connectivity index (χ4v) is 3.83. The maximum absolute atomic E-state index is 12.3. The summed E-state index contributed by atoms with van der Waals surface area (Å²) in [6, 6.07) is 23.8. The maximum atomic E-state index is 12.3. The molecule has 0 saturated carbocycles. The van der Waals surface area contributed by atoms with Crippen LogP contribution in [-0.4, -0.2) is 24.6 Å². The van der Waals surface area contributed by atoms with Crippen LogP contribution in [0.4, 0.5) is 0 Å². The van der Waals surface area contributed by atoms with Crippen LogP contribution in [0.5, 0.6) is 5.75 Å². The molecule has 0 heterocycles. The molecule has 5 nitrogen and oxygen atoms in total. The molecule has 0 fully saturated rings. The van der Waals surface area contributed by atoms with Gasteiger partial charge in [-0.15, -0.1) is 0 Å². The number of esters is 2. The fraction of sp³-hybridized carbons (Fsp3) is 0.286. The number of carbonyl (C=O) groups excluding carboxylic acids is 2. The zero-order valence-corrected chi connectivity index (χ0v) is 22.0. The van der Waals surface area contributed by atoms with E-state index in [1.54, 1.807) is 45.0 Å². The highest BCUT2D eigenvalue weighted by Crippen LogP contribution is 2.26. The Morgan fingerprint density at radius 1 is 0.912 bits per heavy atom. The van der Waals surface area contributed by atoms with Crippen LogP contribution < -0.4 is 4.74 Å². The number of methoxy groups -OCH3 is 1. The summed E-state index contributed by atoms with van der Waals surface area (Å²) in [5.74, 6) is -0.994. The molecule has 3 rings (SSSR count). The molecule has 0 aliphatic heterocycles. The van der Waals surface area contributed by atoms with Gasteiger partial charge in [-0.05, 0) is 95.9 Å². The zero-order chi connectivity index (χ0) is 24.7. The monoisotopic (exact) mass is 572 g/mol. The van der Waals surface area contributed by atoms with Gasteiger partial charge in [0.1, 0.15) is 18.0 Å². The summed E-state index contributed by atoms with van der Waals surface area (Å²) in [6.45, 7) is 5.79. The minimum atomic E-state index is -0.737. The summed E-state index contributed by atoms with van der Waals surface area (Å²) >= 11 is 2.30. The van der Waals surface area contributed by atoms with Crippen molar-refractivity contribution in [3.63, 3.8) is 0 Å². The smallest absolute Gasteiger partial charge is 0.313 e. The van der Waals surface area contributed by atoms with E-state index in [2.05, 4.69) is 59.0 Å². The predicted molar refractivity (Wildman–Crippen MR) is 141 cm³/mol. The standard InChI is InChI=1S/C28H29IO5/c1-28(2,3)34-26(30)17-25(27(31)32-4)21-10-14-24(15-11-21)33-18-19-6-5-7-22(16-19)20-8-12-23(29)13-9-20/h5-16,25H,17-18H2,1-4H3. The second-order valence-corrected chi connectivity index (χ2v) is 10.2. The molecule has 34 heavy (non-hydrogen) atoms. The van der Waals surface area contributed by atoms with Gasteiger partial charge in [-0.2, -0.15) is 0 Å². The molecule has 0 saturated heterocycles. The Labute approximate surface area is 214 Å². The van der Waals surface area contributed by atoms with Gasteiger partial charge in [-0.25, -0.2) is 0 Å². The third-order valence-corrected chi connectivity index (χ3v) is 5.79. The average Bonchev–Trinajstić information content (AvgIpc) is 2.81. The van der Waals surface area contributed by atoms with E-state index >= 15 is 0 Å². The average molecular weight is 572 g/mol. The first-order valence-electron chi connectivity index (χ1n) is 11.0. The number of rotatable bonds is 8. The molecule has 1 unspecified atom stereocenters. The van der Waals surface area contributed by atoms with Crippen LogP contribution in [-0.2, 0) is 25.7 Å². The molecular weight excluding hydrogens is 543 g/mol. The van der Waals surface area contributed by atoms with E-state index < -0.39 is 23.5 Å². The Balaban J connectivity index is 1.66. The number of hydrogen-bond donors (Lipinski definition) is 0. The van der Waals surface area contributed by atoms with Crippen molar-refractivity contribution in [1.82, 2.24) is 0 Å². The van der Waals surface area contributed by atoms with Crippen LogP contribution in [0.2, 0.25) is 0 Å². The van der Waals surface area contributed by atoms with Gasteiger partial charge in [0, 0.05) is 3.57 Å². The third kappa shape index (κ3) is 7.58. The lowest BCUT2D eigenvalue weighted by molar-refractivity contribution is -0.158. The summed E-state index contributed by atoms with van der Waals surface area (Å²) in [6.07, 6.45) is -0.0878. The summed E-state index contributed by atoms with van der Waals surface area (Å²) < 4.78 is 17.4. The molecule has 0 aliphatic carbocycles. The largest absolute Gasteiger partial charge is 0.489 e. The Morgan fingerprint density at radius 2 is 1.59 bits per heavy atom. The number of carbonyl (C=O) groups is 2. The van der Waals surface area contributed by atoms with Crippen LogP contribution >= 0.6 is 22.6 Å². The van der Waals surface area contributed by atoms with E-state index in [4.69, 9.17) is 14.2 Å². The van der Waals surface area contributed by atoms with Gasteiger partial charge in [0.2, 0.25) is 0 Å². The molecule has 0 aromatic heterocycles. The topological polar surface area (TPSA) is 61.8 Å². The molecule has 3 aromatic carbocycles. The Bertz CT molecular complexity index is 1110. The van der Waals surface area contributed by atoms with Gasteiger partial charge in [0.15, 0.2) is 0 Å². The fourth-order valence-electron chi connectivity index (χ4n) is 3.48. The third-order valence-electron chi connectivity index (χ3n) is 5.07. The van der Waals surface area contributed by atoms with Crippen LogP contribution in [0.15, 0.2) is 72.8 Å². The zero-order valence-electron chi connectivity index (χ0n) is 19.8. The summed E-state index contributed by atoms with van der Waals surface area (Å²) in [5.41, 5.74) is 3.40. The lowest BCUT2D eigenvalue weighted by atomic mass is 9.95. The van der Waals surface area contributed by atoms with Crippen molar-refractivity contribution >= 4 is 34.5 Å². The molecule has 178 valence electrons. The van der Waals surface area contributed by atoms with Crippen LogP contribution in [0.3, 0.4) is 0 Å². The first kappa shape index (κ1) is 25.7. The first-order valence-corrected chi connectivity index (χ1v) is 12.1. The molecule has 0 N–H and O–H groups in total. The van der Waals surface area contributed by atoms with Crippen molar-refractivity contribution in [3.05, 3.63) is 87.5 Å². The predicted octanol–water partition coefficient (Wildman–Crippen LogP) is 6.53. The molecular formula is C28H29IO5. The van der Waals surface area contributed by atoms with Crippen molar-refractivity contribution in [2.45, 2.75) is 45.3 Å². The van der Waals surface area contributed by atoms with Gasteiger partial charge in [-0.3, -0.25) is 9.59 Å².